The van der Waals surface area contributed by atoms with Crippen molar-refractivity contribution in [3.63, 3.8) is 0 Å². The van der Waals surface area contributed by atoms with Crippen LogP contribution in [-0.2, 0) is 4.79 Å². The highest BCUT2D eigenvalue weighted by Crippen LogP contribution is 2.29. The molecule has 0 spiro atoms. The number of aliphatic hydroxyl groups excluding tert-OH is 1. The zero-order valence-corrected chi connectivity index (χ0v) is 12.4. The zero-order valence-electron chi connectivity index (χ0n) is 11.7. The number of carbonyl (C=O) groups is 1. The molecule has 2 N–H and O–H groups in total. The number of hydrogen-bond donors (Lipinski definition) is 2. The minimum atomic E-state index is -0.435. The molecule has 0 aliphatic rings. The molecule has 1 aromatic heterocycles. The second kappa shape index (κ2) is 7.24. The van der Waals surface area contributed by atoms with Gasteiger partial charge in [-0.15, -0.1) is 0 Å². The predicted molar refractivity (Wildman–Crippen MR) is 81.6 cm³/mol. The first-order chi connectivity index (χ1) is 10.1. The topological polar surface area (TPSA) is 71.5 Å². The third-order valence-electron chi connectivity index (χ3n) is 2.92. The summed E-state index contributed by atoms with van der Waals surface area (Å²) in [6, 6.07) is 7.05. The number of amides is 1. The van der Waals surface area contributed by atoms with Crippen LogP contribution in [0.5, 0.6) is 5.75 Å². The van der Waals surface area contributed by atoms with Gasteiger partial charge < -0.3 is 15.2 Å². The summed E-state index contributed by atoms with van der Waals surface area (Å²) in [7, 11) is 0. The van der Waals surface area contributed by atoms with E-state index in [0.29, 0.717) is 29.3 Å². The molecule has 1 heterocycles. The number of nitrogens with one attached hydrogen (secondary N) is 1. The van der Waals surface area contributed by atoms with E-state index in [1.807, 2.05) is 6.07 Å². The standard InChI is InChI=1S/C15H17ClN2O3/c1-10(19)6-8-17-14(20)9-21-13-5-4-12(16)11-3-2-7-18-15(11)13/h2-5,7,10,19H,6,8-9H2,1H3,(H,17,20). The summed E-state index contributed by atoms with van der Waals surface area (Å²) in [4.78, 5) is 15.9. The van der Waals surface area contributed by atoms with Crippen LogP contribution in [0, 0.1) is 0 Å². The number of aliphatic hydroxyl groups is 1. The quantitative estimate of drug-likeness (QED) is 0.858. The van der Waals surface area contributed by atoms with Crippen molar-refractivity contribution in [2.24, 2.45) is 0 Å². The number of benzene rings is 1. The molecule has 0 aliphatic heterocycles. The first kappa shape index (κ1) is 15.5. The summed E-state index contributed by atoms with van der Waals surface area (Å²) in [5.74, 6) is 0.273. The van der Waals surface area contributed by atoms with Gasteiger partial charge in [0.25, 0.3) is 5.91 Å². The van der Waals surface area contributed by atoms with E-state index < -0.39 is 6.10 Å². The molecule has 6 heteroatoms. The van der Waals surface area contributed by atoms with Crippen LogP contribution in [0.4, 0.5) is 0 Å². The van der Waals surface area contributed by atoms with E-state index in [1.165, 1.54) is 0 Å². The first-order valence-electron chi connectivity index (χ1n) is 6.68. The van der Waals surface area contributed by atoms with Gasteiger partial charge in [0, 0.05) is 18.1 Å². The van der Waals surface area contributed by atoms with Crippen molar-refractivity contribution in [1.82, 2.24) is 10.3 Å². The Kier molecular flexibility index (Phi) is 5.36. The van der Waals surface area contributed by atoms with Crippen LogP contribution in [0.2, 0.25) is 5.02 Å². The first-order valence-corrected chi connectivity index (χ1v) is 7.06. The predicted octanol–water partition coefficient (Wildman–Crippen LogP) is 2.15. The number of ether oxygens (including phenoxy) is 1. The van der Waals surface area contributed by atoms with Gasteiger partial charge in [0.2, 0.25) is 0 Å². The van der Waals surface area contributed by atoms with Crippen molar-refractivity contribution in [2.75, 3.05) is 13.2 Å². The number of carbonyl (C=O) groups excluding carboxylic acids is 1. The van der Waals surface area contributed by atoms with Crippen LogP contribution in [0.25, 0.3) is 10.9 Å². The Balaban J connectivity index is 1.98. The molecule has 1 atom stereocenters. The number of pyridine rings is 1. The summed E-state index contributed by atoms with van der Waals surface area (Å²) in [6.07, 6.45) is 1.72. The highest BCUT2D eigenvalue weighted by molar-refractivity contribution is 6.35. The molecular weight excluding hydrogens is 292 g/mol. The second-order valence-corrected chi connectivity index (χ2v) is 5.13. The summed E-state index contributed by atoms with van der Waals surface area (Å²) in [5, 5.41) is 13.2. The molecule has 1 unspecified atom stereocenters. The SMILES string of the molecule is CC(O)CCNC(=O)COc1ccc(Cl)c2cccnc12. The Morgan fingerprint density at radius 3 is 3.05 bits per heavy atom. The number of nitrogens with zero attached hydrogens (tertiary/aromatic N) is 1. The average Bonchev–Trinajstić information content (AvgIpc) is 2.46. The van der Waals surface area contributed by atoms with Gasteiger partial charge in [-0.1, -0.05) is 11.6 Å². The summed E-state index contributed by atoms with van der Waals surface area (Å²) in [5.41, 5.74) is 0.627. The van der Waals surface area contributed by atoms with Crippen molar-refractivity contribution in [1.29, 1.82) is 0 Å². The van der Waals surface area contributed by atoms with Crippen LogP contribution >= 0.6 is 11.6 Å². The molecule has 0 bridgehead atoms. The maximum atomic E-state index is 11.6. The lowest BCUT2D eigenvalue weighted by atomic mass is 10.2. The molecule has 21 heavy (non-hydrogen) atoms. The molecule has 0 saturated carbocycles. The van der Waals surface area contributed by atoms with Crippen molar-refractivity contribution in [3.8, 4) is 5.75 Å². The Morgan fingerprint density at radius 2 is 2.29 bits per heavy atom. The molecule has 5 nitrogen and oxygen atoms in total. The molecular formula is C15H17ClN2O3. The third-order valence-corrected chi connectivity index (χ3v) is 3.25. The lowest BCUT2D eigenvalue weighted by Gasteiger charge is -2.10. The number of halogens is 1. The number of aromatic nitrogens is 1. The monoisotopic (exact) mass is 308 g/mol. The van der Waals surface area contributed by atoms with Gasteiger partial charge in [-0.05, 0) is 37.6 Å². The molecule has 112 valence electrons. The molecule has 1 amide bonds. The minimum absolute atomic E-state index is 0.104. The third kappa shape index (κ3) is 4.31. The molecule has 2 rings (SSSR count). The van der Waals surface area contributed by atoms with Gasteiger partial charge in [-0.25, -0.2) is 0 Å². The van der Waals surface area contributed by atoms with Crippen LogP contribution in [-0.4, -0.2) is 35.3 Å². The number of hydrogen-bond acceptors (Lipinski definition) is 4. The van der Waals surface area contributed by atoms with E-state index in [1.54, 1.807) is 31.3 Å². The Morgan fingerprint density at radius 1 is 1.48 bits per heavy atom. The molecule has 0 radical (unpaired) electrons. The summed E-state index contributed by atoms with van der Waals surface area (Å²) < 4.78 is 5.50. The fourth-order valence-corrected chi connectivity index (χ4v) is 2.06. The molecule has 1 aromatic carbocycles. The van der Waals surface area contributed by atoms with Gasteiger partial charge >= 0.3 is 0 Å². The van der Waals surface area contributed by atoms with Gasteiger partial charge in [0.15, 0.2) is 6.61 Å². The summed E-state index contributed by atoms with van der Waals surface area (Å²) >= 11 is 6.09. The lowest BCUT2D eigenvalue weighted by Crippen LogP contribution is -2.31. The largest absolute Gasteiger partial charge is 0.481 e. The Hall–Kier alpha value is -1.85. The number of fused-ring (bicyclic) bond motifs is 1. The molecule has 0 saturated heterocycles. The van der Waals surface area contributed by atoms with Crippen molar-refractivity contribution in [3.05, 3.63) is 35.5 Å². The second-order valence-electron chi connectivity index (χ2n) is 4.72. The average molecular weight is 309 g/mol. The minimum Gasteiger partial charge on any atom is -0.481 e. The van der Waals surface area contributed by atoms with Crippen LogP contribution < -0.4 is 10.1 Å². The number of rotatable bonds is 6. The maximum Gasteiger partial charge on any atom is 0.257 e. The van der Waals surface area contributed by atoms with Crippen molar-refractivity contribution >= 4 is 28.4 Å². The van der Waals surface area contributed by atoms with Crippen LogP contribution in [0.1, 0.15) is 13.3 Å². The van der Waals surface area contributed by atoms with Crippen molar-refractivity contribution < 1.29 is 14.6 Å². The van der Waals surface area contributed by atoms with Gasteiger partial charge in [0.05, 0.1) is 11.1 Å². The maximum absolute atomic E-state index is 11.6. The van der Waals surface area contributed by atoms with E-state index in [0.717, 1.165) is 5.39 Å². The fraction of sp³-hybridized carbons (Fsp3) is 0.333. The van der Waals surface area contributed by atoms with Crippen LogP contribution in [0.15, 0.2) is 30.5 Å². The van der Waals surface area contributed by atoms with E-state index in [2.05, 4.69) is 10.3 Å². The van der Waals surface area contributed by atoms with E-state index >= 15 is 0 Å². The Labute approximate surface area is 127 Å². The van der Waals surface area contributed by atoms with E-state index in [4.69, 9.17) is 21.4 Å². The highest BCUT2D eigenvalue weighted by atomic mass is 35.5. The highest BCUT2D eigenvalue weighted by Gasteiger charge is 2.09. The van der Waals surface area contributed by atoms with Crippen molar-refractivity contribution in [2.45, 2.75) is 19.4 Å². The molecule has 0 aliphatic carbocycles. The normalized spacial score (nSPS) is 12.1. The zero-order chi connectivity index (χ0) is 15.2. The van der Waals surface area contributed by atoms with Gasteiger partial charge in [-0.3, -0.25) is 9.78 Å². The fourth-order valence-electron chi connectivity index (χ4n) is 1.84. The van der Waals surface area contributed by atoms with Gasteiger partial charge in [-0.2, -0.15) is 0 Å². The Bertz CT molecular complexity index is 631. The molecule has 0 fully saturated rings. The van der Waals surface area contributed by atoms with Crippen LogP contribution in [0.3, 0.4) is 0 Å². The van der Waals surface area contributed by atoms with Gasteiger partial charge in [0.1, 0.15) is 11.3 Å². The van der Waals surface area contributed by atoms with E-state index in [-0.39, 0.29) is 12.5 Å². The van der Waals surface area contributed by atoms with E-state index in [9.17, 15) is 4.79 Å². The molecule has 2 aromatic rings. The smallest absolute Gasteiger partial charge is 0.257 e. The summed E-state index contributed by atoms with van der Waals surface area (Å²) in [6.45, 7) is 1.99. The lowest BCUT2D eigenvalue weighted by molar-refractivity contribution is -0.123.